The summed E-state index contributed by atoms with van der Waals surface area (Å²) in [6, 6.07) is 0.422. The van der Waals surface area contributed by atoms with Gasteiger partial charge in [-0.15, -0.1) is 11.3 Å². The van der Waals surface area contributed by atoms with Crippen molar-refractivity contribution in [3.05, 3.63) is 11.1 Å². The van der Waals surface area contributed by atoms with Crippen LogP contribution in [0.1, 0.15) is 25.5 Å². The zero-order valence-corrected chi connectivity index (χ0v) is 11.2. The SMILES string of the molecule is Cc1csc(SCCN2C(=O)CCC2C)n1. The Hall–Kier alpha value is -0.550. The largest absolute Gasteiger partial charge is 0.339 e. The first-order valence-corrected chi connectivity index (χ1v) is 7.38. The van der Waals surface area contributed by atoms with E-state index in [4.69, 9.17) is 0 Å². The van der Waals surface area contributed by atoms with Gasteiger partial charge in [0.05, 0.1) is 0 Å². The molecular weight excluding hydrogens is 240 g/mol. The van der Waals surface area contributed by atoms with Crippen molar-refractivity contribution in [2.24, 2.45) is 0 Å². The highest BCUT2D eigenvalue weighted by Crippen LogP contribution is 2.24. The number of likely N-dealkylation sites (tertiary alicyclic amines) is 1. The summed E-state index contributed by atoms with van der Waals surface area (Å²) in [5.41, 5.74) is 1.08. The lowest BCUT2D eigenvalue weighted by Crippen LogP contribution is -2.32. The number of hydrogen-bond donors (Lipinski definition) is 0. The molecule has 0 saturated carbocycles. The molecule has 0 aromatic carbocycles. The molecule has 1 aromatic heterocycles. The quantitative estimate of drug-likeness (QED) is 0.776. The van der Waals surface area contributed by atoms with Gasteiger partial charge in [-0.3, -0.25) is 4.79 Å². The Morgan fingerprint density at radius 1 is 1.69 bits per heavy atom. The molecule has 88 valence electrons. The highest BCUT2D eigenvalue weighted by atomic mass is 32.2. The van der Waals surface area contributed by atoms with Crippen molar-refractivity contribution in [1.29, 1.82) is 0 Å². The Balaban J connectivity index is 1.77. The maximum atomic E-state index is 11.5. The summed E-state index contributed by atoms with van der Waals surface area (Å²) in [5, 5.41) is 2.06. The first kappa shape index (κ1) is 11.9. The van der Waals surface area contributed by atoms with Gasteiger partial charge in [-0.05, 0) is 20.3 Å². The van der Waals surface area contributed by atoms with Gasteiger partial charge in [-0.1, -0.05) is 11.8 Å². The number of thioether (sulfide) groups is 1. The predicted molar refractivity (Wildman–Crippen MR) is 68.0 cm³/mol. The molecule has 0 N–H and O–H groups in total. The van der Waals surface area contributed by atoms with Crippen molar-refractivity contribution in [3.8, 4) is 0 Å². The van der Waals surface area contributed by atoms with E-state index in [2.05, 4.69) is 17.3 Å². The fourth-order valence-corrected chi connectivity index (χ4v) is 3.71. The van der Waals surface area contributed by atoms with Crippen LogP contribution in [-0.4, -0.2) is 34.1 Å². The van der Waals surface area contributed by atoms with E-state index in [-0.39, 0.29) is 0 Å². The Morgan fingerprint density at radius 3 is 3.06 bits per heavy atom. The van der Waals surface area contributed by atoms with E-state index in [1.165, 1.54) is 0 Å². The molecule has 1 amide bonds. The molecule has 2 rings (SSSR count). The Kier molecular flexibility index (Phi) is 3.86. The van der Waals surface area contributed by atoms with Crippen LogP contribution in [0.2, 0.25) is 0 Å². The summed E-state index contributed by atoms with van der Waals surface area (Å²) in [5.74, 6) is 1.26. The van der Waals surface area contributed by atoms with E-state index in [1.54, 1.807) is 23.1 Å². The number of carbonyl (C=O) groups excluding carboxylic acids is 1. The molecule has 1 aliphatic rings. The van der Waals surface area contributed by atoms with Crippen molar-refractivity contribution in [2.45, 2.75) is 37.1 Å². The highest BCUT2D eigenvalue weighted by Gasteiger charge is 2.26. The zero-order valence-electron chi connectivity index (χ0n) is 9.60. The van der Waals surface area contributed by atoms with Crippen LogP contribution in [-0.2, 0) is 4.79 Å². The molecule has 1 aliphatic heterocycles. The van der Waals surface area contributed by atoms with Gasteiger partial charge in [0.25, 0.3) is 0 Å². The van der Waals surface area contributed by atoms with Crippen LogP contribution in [0, 0.1) is 6.92 Å². The third-order valence-corrected chi connectivity index (χ3v) is 4.90. The highest BCUT2D eigenvalue weighted by molar-refractivity contribution is 8.01. The van der Waals surface area contributed by atoms with Gasteiger partial charge in [-0.2, -0.15) is 0 Å². The number of rotatable bonds is 4. The monoisotopic (exact) mass is 256 g/mol. The van der Waals surface area contributed by atoms with Crippen LogP contribution < -0.4 is 0 Å². The van der Waals surface area contributed by atoms with Gasteiger partial charge in [0.15, 0.2) is 0 Å². The number of hydrogen-bond acceptors (Lipinski definition) is 4. The number of amides is 1. The fraction of sp³-hybridized carbons (Fsp3) is 0.636. The van der Waals surface area contributed by atoms with Crippen LogP contribution in [0.3, 0.4) is 0 Å². The topological polar surface area (TPSA) is 33.2 Å². The van der Waals surface area contributed by atoms with Crippen molar-refractivity contribution >= 4 is 29.0 Å². The molecule has 16 heavy (non-hydrogen) atoms. The van der Waals surface area contributed by atoms with Gasteiger partial charge in [0.1, 0.15) is 4.34 Å². The second kappa shape index (κ2) is 5.19. The van der Waals surface area contributed by atoms with Crippen LogP contribution >= 0.6 is 23.1 Å². The van der Waals surface area contributed by atoms with Crippen molar-refractivity contribution in [1.82, 2.24) is 9.88 Å². The molecule has 1 unspecified atom stereocenters. The van der Waals surface area contributed by atoms with Gasteiger partial charge in [0, 0.05) is 35.8 Å². The summed E-state index contributed by atoms with van der Waals surface area (Å²) in [4.78, 5) is 17.9. The van der Waals surface area contributed by atoms with E-state index < -0.39 is 0 Å². The number of thiazole rings is 1. The van der Waals surface area contributed by atoms with Gasteiger partial charge < -0.3 is 4.90 Å². The molecule has 3 nitrogen and oxygen atoms in total. The van der Waals surface area contributed by atoms with Crippen LogP contribution in [0.25, 0.3) is 0 Å². The summed E-state index contributed by atoms with van der Waals surface area (Å²) in [6.07, 6.45) is 1.74. The Labute approximate surface area is 104 Å². The van der Waals surface area contributed by atoms with E-state index in [0.717, 1.165) is 35.2 Å². The number of carbonyl (C=O) groups is 1. The zero-order chi connectivity index (χ0) is 11.5. The third-order valence-electron chi connectivity index (χ3n) is 2.78. The average Bonchev–Trinajstić information content (AvgIpc) is 2.78. The smallest absolute Gasteiger partial charge is 0.222 e. The molecule has 1 saturated heterocycles. The predicted octanol–water partition coefficient (Wildman–Crippen LogP) is 2.55. The Bertz CT molecular complexity index is 378. The summed E-state index contributed by atoms with van der Waals surface area (Å²) in [6.45, 7) is 4.99. The van der Waals surface area contributed by atoms with Gasteiger partial charge >= 0.3 is 0 Å². The molecule has 0 radical (unpaired) electrons. The maximum absolute atomic E-state index is 11.5. The van der Waals surface area contributed by atoms with E-state index in [0.29, 0.717) is 11.9 Å². The lowest BCUT2D eigenvalue weighted by molar-refractivity contribution is -0.128. The first-order valence-electron chi connectivity index (χ1n) is 5.51. The number of aryl methyl sites for hydroxylation is 1. The molecule has 1 aromatic rings. The maximum Gasteiger partial charge on any atom is 0.222 e. The van der Waals surface area contributed by atoms with Crippen LogP contribution in [0.4, 0.5) is 0 Å². The minimum Gasteiger partial charge on any atom is -0.339 e. The first-order chi connectivity index (χ1) is 7.66. The van der Waals surface area contributed by atoms with Crippen molar-refractivity contribution in [2.75, 3.05) is 12.3 Å². The van der Waals surface area contributed by atoms with Gasteiger partial charge in [0.2, 0.25) is 5.91 Å². The van der Waals surface area contributed by atoms with Gasteiger partial charge in [-0.25, -0.2) is 4.98 Å². The molecular formula is C11H16N2OS2. The minimum absolute atomic E-state index is 0.309. The second-order valence-electron chi connectivity index (χ2n) is 4.08. The van der Waals surface area contributed by atoms with Crippen molar-refractivity contribution < 1.29 is 4.79 Å². The summed E-state index contributed by atoms with van der Waals surface area (Å²) in [7, 11) is 0. The second-order valence-corrected chi connectivity index (χ2v) is 6.28. The summed E-state index contributed by atoms with van der Waals surface area (Å²) >= 11 is 3.43. The normalized spacial score (nSPS) is 20.8. The third kappa shape index (κ3) is 2.77. The van der Waals surface area contributed by atoms with Crippen LogP contribution in [0.5, 0.6) is 0 Å². The van der Waals surface area contributed by atoms with E-state index >= 15 is 0 Å². The Morgan fingerprint density at radius 2 is 2.50 bits per heavy atom. The fourth-order valence-electron chi connectivity index (χ4n) is 1.85. The van der Waals surface area contributed by atoms with Crippen molar-refractivity contribution in [3.63, 3.8) is 0 Å². The minimum atomic E-state index is 0.309. The summed E-state index contributed by atoms with van der Waals surface area (Å²) < 4.78 is 1.11. The lowest BCUT2D eigenvalue weighted by atomic mass is 10.2. The van der Waals surface area contributed by atoms with E-state index in [9.17, 15) is 4.79 Å². The molecule has 0 spiro atoms. The lowest BCUT2D eigenvalue weighted by Gasteiger charge is -2.20. The molecule has 5 heteroatoms. The standard InChI is InChI=1S/C11H16N2OS2/c1-8-7-16-11(12-8)15-6-5-13-9(2)3-4-10(13)14/h7,9H,3-6H2,1-2H3. The molecule has 1 fully saturated rings. The number of aromatic nitrogens is 1. The van der Waals surface area contributed by atoms with E-state index in [1.807, 2.05) is 11.8 Å². The molecule has 1 atom stereocenters. The molecule has 2 heterocycles. The molecule has 0 bridgehead atoms. The number of nitrogens with zero attached hydrogens (tertiary/aromatic N) is 2. The average molecular weight is 256 g/mol. The molecule has 0 aliphatic carbocycles. The van der Waals surface area contributed by atoms with Crippen LogP contribution in [0.15, 0.2) is 9.72 Å².